The first-order chi connectivity index (χ1) is 11.0. The fourth-order valence-electron chi connectivity index (χ4n) is 1.78. The minimum atomic E-state index is -3.64. The second-order valence-corrected chi connectivity index (χ2v) is 6.21. The van der Waals surface area contributed by atoms with Crippen LogP contribution in [0, 0.1) is 0 Å². The number of amides is 2. The summed E-state index contributed by atoms with van der Waals surface area (Å²) in [6.45, 7) is 0. The summed E-state index contributed by atoms with van der Waals surface area (Å²) in [6.07, 6.45) is 1.51. The number of hydrogen-bond donors (Lipinski definition) is 3. The average molecular weight is 331 g/mol. The molecule has 23 heavy (non-hydrogen) atoms. The van der Waals surface area contributed by atoms with Crippen LogP contribution in [0.25, 0.3) is 6.08 Å². The molecule has 7 heteroatoms. The fourth-order valence-corrected chi connectivity index (χ4v) is 2.64. The number of anilines is 2. The van der Waals surface area contributed by atoms with Gasteiger partial charge in [-0.2, -0.15) is 0 Å². The van der Waals surface area contributed by atoms with Crippen molar-refractivity contribution in [2.75, 3.05) is 17.1 Å². The Morgan fingerprint density at radius 2 is 1.70 bits per heavy atom. The van der Waals surface area contributed by atoms with Crippen LogP contribution in [0.15, 0.2) is 60.0 Å². The molecule has 3 N–H and O–H groups in total. The zero-order valence-corrected chi connectivity index (χ0v) is 13.3. The van der Waals surface area contributed by atoms with Gasteiger partial charge in [0, 0.05) is 12.7 Å². The van der Waals surface area contributed by atoms with Crippen molar-refractivity contribution in [3.63, 3.8) is 0 Å². The monoisotopic (exact) mass is 331 g/mol. The Bertz CT molecular complexity index is 802. The second kappa shape index (κ2) is 7.46. The topological polar surface area (TPSA) is 87.3 Å². The van der Waals surface area contributed by atoms with E-state index < -0.39 is 10.0 Å². The van der Waals surface area contributed by atoms with E-state index in [0.29, 0.717) is 11.4 Å². The maximum Gasteiger partial charge on any atom is 0.318 e. The summed E-state index contributed by atoms with van der Waals surface area (Å²) in [7, 11) is -2.15. The Labute approximate surface area is 135 Å². The van der Waals surface area contributed by atoms with Gasteiger partial charge in [0.15, 0.2) is 0 Å². The third-order valence-corrected chi connectivity index (χ3v) is 3.86. The first-order valence-electron chi connectivity index (χ1n) is 6.83. The number of carbonyl (C=O) groups excluding carboxylic acids is 1. The SMILES string of the molecule is CNC(=O)Nc1cccc(NS(=O)(=O)/C=C/c2ccccc2)c1. The molecule has 2 rings (SSSR count). The van der Waals surface area contributed by atoms with Crippen molar-refractivity contribution in [2.24, 2.45) is 0 Å². The van der Waals surface area contributed by atoms with E-state index in [2.05, 4.69) is 15.4 Å². The molecule has 0 saturated carbocycles. The van der Waals surface area contributed by atoms with Gasteiger partial charge in [-0.1, -0.05) is 36.4 Å². The molecule has 0 spiro atoms. The zero-order chi connectivity index (χ0) is 16.7. The maximum atomic E-state index is 12.1. The largest absolute Gasteiger partial charge is 0.341 e. The summed E-state index contributed by atoms with van der Waals surface area (Å²) in [5.41, 5.74) is 1.63. The smallest absolute Gasteiger partial charge is 0.318 e. The minimum absolute atomic E-state index is 0.358. The molecule has 120 valence electrons. The lowest BCUT2D eigenvalue weighted by Crippen LogP contribution is -2.24. The molecular weight excluding hydrogens is 314 g/mol. The quantitative estimate of drug-likeness (QED) is 0.787. The third kappa shape index (κ3) is 5.48. The number of carbonyl (C=O) groups is 1. The molecule has 2 aromatic carbocycles. The van der Waals surface area contributed by atoms with Gasteiger partial charge in [0.1, 0.15) is 0 Å². The molecule has 0 aliphatic heterocycles. The van der Waals surface area contributed by atoms with Gasteiger partial charge in [-0.3, -0.25) is 4.72 Å². The summed E-state index contributed by atoms with van der Waals surface area (Å²) >= 11 is 0. The van der Waals surface area contributed by atoms with Crippen LogP contribution in [0.3, 0.4) is 0 Å². The molecule has 6 nitrogen and oxygen atoms in total. The van der Waals surface area contributed by atoms with Crippen molar-refractivity contribution in [2.45, 2.75) is 0 Å². The molecule has 0 saturated heterocycles. The van der Waals surface area contributed by atoms with Gasteiger partial charge in [0.05, 0.1) is 11.1 Å². The van der Waals surface area contributed by atoms with Crippen molar-refractivity contribution in [1.82, 2.24) is 5.32 Å². The molecule has 2 amide bonds. The predicted octanol–water partition coefficient (Wildman–Crippen LogP) is 2.85. The number of urea groups is 1. The number of benzene rings is 2. The van der Waals surface area contributed by atoms with Crippen LogP contribution in [0.2, 0.25) is 0 Å². The van der Waals surface area contributed by atoms with E-state index in [1.54, 1.807) is 30.3 Å². The molecule has 0 heterocycles. The van der Waals surface area contributed by atoms with Gasteiger partial charge in [-0.05, 0) is 29.8 Å². The van der Waals surface area contributed by atoms with E-state index in [9.17, 15) is 13.2 Å². The Hall–Kier alpha value is -2.80. The lowest BCUT2D eigenvalue weighted by atomic mass is 10.2. The van der Waals surface area contributed by atoms with Gasteiger partial charge in [-0.25, -0.2) is 13.2 Å². The highest BCUT2D eigenvalue weighted by Crippen LogP contribution is 2.17. The van der Waals surface area contributed by atoms with Crippen LogP contribution in [0.4, 0.5) is 16.2 Å². The van der Waals surface area contributed by atoms with E-state index in [0.717, 1.165) is 11.0 Å². The molecule has 0 unspecified atom stereocenters. The van der Waals surface area contributed by atoms with Gasteiger partial charge < -0.3 is 10.6 Å². The van der Waals surface area contributed by atoms with Crippen LogP contribution in [0.1, 0.15) is 5.56 Å². The average Bonchev–Trinajstić information content (AvgIpc) is 2.54. The van der Waals surface area contributed by atoms with Crippen molar-refractivity contribution in [3.8, 4) is 0 Å². The van der Waals surface area contributed by atoms with Gasteiger partial charge in [0.2, 0.25) is 0 Å². The predicted molar refractivity (Wildman–Crippen MR) is 92.5 cm³/mol. The molecule has 0 radical (unpaired) electrons. The molecule has 0 aliphatic rings. The van der Waals surface area contributed by atoms with E-state index in [1.165, 1.54) is 19.2 Å². The Balaban J connectivity index is 2.10. The maximum absolute atomic E-state index is 12.1. The van der Waals surface area contributed by atoms with E-state index in [1.807, 2.05) is 18.2 Å². The highest BCUT2D eigenvalue weighted by molar-refractivity contribution is 7.95. The lowest BCUT2D eigenvalue weighted by molar-refractivity contribution is 0.254. The van der Waals surface area contributed by atoms with Crippen LogP contribution in [0.5, 0.6) is 0 Å². The third-order valence-electron chi connectivity index (χ3n) is 2.85. The van der Waals surface area contributed by atoms with E-state index in [-0.39, 0.29) is 6.03 Å². The Morgan fingerprint density at radius 1 is 1.00 bits per heavy atom. The zero-order valence-electron chi connectivity index (χ0n) is 12.5. The van der Waals surface area contributed by atoms with Crippen molar-refractivity contribution >= 4 is 33.5 Å². The highest BCUT2D eigenvalue weighted by atomic mass is 32.2. The molecule has 0 aromatic heterocycles. The summed E-state index contributed by atoms with van der Waals surface area (Å²) in [4.78, 5) is 11.3. The van der Waals surface area contributed by atoms with Gasteiger partial charge in [-0.15, -0.1) is 0 Å². The molecule has 0 fully saturated rings. The Kier molecular flexibility index (Phi) is 5.37. The van der Waals surface area contributed by atoms with Crippen LogP contribution >= 0.6 is 0 Å². The van der Waals surface area contributed by atoms with Crippen LogP contribution in [-0.4, -0.2) is 21.5 Å². The molecular formula is C16H17N3O3S. The molecule has 0 aliphatic carbocycles. The number of nitrogens with one attached hydrogen (secondary N) is 3. The minimum Gasteiger partial charge on any atom is -0.341 e. The first-order valence-corrected chi connectivity index (χ1v) is 8.38. The van der Waals surface area contributed by atoms with Crippen molar-refractivity contribution < 1.29 is 13.2 Å². The normalized spacial score (nSPS) is 11.2. The summed E-state index contributed by atoms with van der Waals surface area (Å²) in [5.74, 6) is 0. The first kappa shape index (κ1) is 16.6. The van der Waals surface area contributed by atoms with E-state index >= 15 is 0 Å². The number of rotatable bonds is 5. The fraction of sp³-hybridized carbons (Fsp3) is 0.0625. The molecule has 0 bridgehead atoms. The second-order valence-electron chi connectivity index (χ2n) is 4.65. The van der Waals surface area contributed by atoms with Crippen LogP contribution < -0.4 is 15.4 Å². The standard InChI is InChI=1S/C16H17N3O3S/c1-17-16(20)18-14-8-5-9-15(12-14)19-23(21,22)11-10-13-6-3-2-4-7-13/h2-12,19H,1H3,(H2,17,18,20)/b11-10+. The summed E-state index contributed by atoms with van der Waals surface area (Å²) < 4.78 is 26.6. The summed E-state index contributed by atoms with van der Waals surface area (Å²) in [6, 6.07) is 15.2. The van der Waals surface area contributed by atoms with Crippen molar-refractivity contribution in [1.29, 1.82) is 0 Å². The summed E-state index contributed by atoms with van der Waals surface area (Å²) in [5, 5.41) is 6.09. The van der Waals surface area contributed by atoms with E-state index in [4.69, 9.17) is 0 Å². The Morgan fingerprint density at radius 3 is 2.39 bits per heavy atom. The molecule has 0 atom stereocenters. The van der Waals surface area contributed by atoms with Crippen molar-refractivity contribution in [3.05, 3.63) is 65.6 Å². The molecule has 2 aromatic rings. The van der Waals surface area contributed by atoms with Gasteiger partial charge in [0.25, 0.3) is 10.0 Å². The highest BCUT2D eigenvalue weighted by Gasteiger charge is 2.07. The number of hydrogen-bond acceptors (Lipinski definition) is 3. The number of sulfonamides is 1. The lowest BCUT2D eigenvalue weighted by Gasteiger charge is -2.08. The van der Waals surface area contributed by atoms with Crippen LogP contribution in [-0.2, 0) is 10.0 Å². The van der Waals surface area contributed by atoms with Gasteiger partial charge >= 0.3 is 6.03 Å².